The van der Waals surface area contributed by atoms with Gasteiger partial charge in [-0.1, -0.05) is 26.8 Å². The van der Waals surface area contributed by atoms with E-state index in [0.717, 1.165) is 35.2 Å². The molecule has 1 unspecified atom stereocenters. The van der Waals surface area contributed by atoms with Crippen molar-refractivity contribution in [1.82, 2.24) is 20.3 Å². The standard InChI is InChI=1S/C23H28N4O2S/c1-23(2,3)14-7-8-16-17(12-14)30-22-20(16)21(29)26-18(27-22)9-10-19(28)25-13-15-6-4-5-11-24-15/h4-6,11,14H,7-10,12-13H2,1-3H3,(H,25,28)(H,26,27,29). The first-order chi connectivity index (χ1) is 14.3. The molecule has 4 rings (SSSR count). The highest BCUT2D eigenvalue weighted by Gasteiger charge is 2.31. The van der Waals surface area contributed by atoms with E-state index in [4.69, 9.17) is 0 Å². The highest BCUT2D eigenvalue weighted by atomic mass is 32.1. The predicted molar refractivity (Wildman–Crippen MR) is 120 cm³/mol. The van der Waals surface area contributed by atoms with Crippen LogP contribution in [0.25, 0.3) is 10.2 Å². The van der Waals surface area contributed by atoms with E-state index in [9.17, 15) is 9.59 Å². The number of rotatable bonds is 5. The number of aryl methyl sites for hydroxylation is 2. The van der Waals surface area contributed by atoms with Crippen LogP contribution in [0.3, 0.4) is 0 Å². The molecule has 3 heterocycles. The number of nitrogens with one attached hydrogen (secondary N) is 2. The Kier molecular flexibility index (Phi) is 5.73. The van der Waals surface area contributed by atoms with Crippen LogP contribution in [0.15, 0.2) is 29.2 Å². The molecule has 7 heteroatoms. The molecule has 0 fully saturated rings. The summed E-state index contributed by atoms with van der Waals surface area (Å²) < 4.78 is 0. The summed E-state index contributed by atoms with van der Waals surface area (Å²) in [5.74, 6) is 1.12. The molecule has 158 valence electrons. The van der Waals surface area contributed by atoms with Gasteiger partial charge in [0.2, 0.25) is 5.91 Å². The van der Waals surface area contributed by atoms with Gasteiger partial charge in [-0.2, -0.15) is 0 Å². The van der Waals surface area contributed by atoms with Crippen molar-refractivity contribution in [3.63, 3.8) is 0 Å². The van der Waals surface area contributed by atoms with E-state index in [1.165, 1.54) is 10.4 Å². The number of aromatic nitrogens is 3. The molecule has 0 saturated carbocycles. The maximum atomic E-state index is 12.8. The topological polar surface area (TPSA) is 87.7 Å². The molecule has 0 radical (unpaired) electrons. The van der Waals surface area contributed by atoms with Crippen molar-refractivity contribution in [2.45, 2.75) is 59.4 Å². The normalized spacial score (nSPS) is 16.4. The number of carbonyl (C=O) groups is 1. The third-order valence-corrected chi connectivity index (χ3v) is 7.12. The molecule has 30 heavy (non-hydrogen) atoms. The van der Waals surface area contributed by atoms with Crippen molar-refractivity contribution in [3.05, 3.63) is 56.7 Å². The van der Waals surface area contributed by atoms with Crippen LogP contribution in [0.4, 0.5) is 0 Å². The molecule has 0 saturated heterocycles. The number of fused-ring (bicyclic) bond motifs is 3. The van der Waals surface area contributed by atoms with Gasteiger partial charge in [0.05, 0.1) is 17.6 Å². The van der Waals surface area contributed by atoms with E-state index < -0.39 is 0 Å². The smallest absolute Gasteiger partial charge is 0.259 e. The fourth-order valence-electron chi connectivity index (χ4n) is 4.10. The Labute approximate surface area is 180 Å². The molecule has 6 nitrogen and oxygen atoms in total. The minimum atomic E-state index is -0.0816. The van der Waals surface area contributed by atoms with Gasteiger partial charge in [-0.05, 0) is 48.3 Å². The lowest BCUT2D eigenvalue weighted by molar-refractivity contribution is -0.121. The number of hydrogen-bond donors (Lipinski definition) is 2. The Balaban J connectivity index is 1.45. The molecule has 1 atom stereocenters. The molecule has 3 aromatic heterocycles. The average molecular weight is 425 g/mol. The first-order valence-electron chi connectivity index (χ1n) is 10.5. The summed E-state index contributed by atoms with van der Waals surface area (Å²) in [6.07, 6.45) is 5.46. The van der Waals surface area contributed by atoms with Crippen LogP contribution in [0.2, 0.25) is 0 Å². The van der Waals surface area contributed by atoms with E-state index in [1.807, 2.05) is 18.2 Å². The summed E-state index contributed by atoms with van der Waals surface area (Å²) in [5, 5.41) is 3.62. The average Bonchev–Trinajstić information content (AvgIpc) is 3.09. The molecule has 3 aromatic rings. The van der Waals surface area contributed by atoms with Gasteiger partial charge in [0.1, 0.15) is 10.7 Å². The number of hydrogen-bond acceptors (Lipinski definition) is 5. The van der Waals surface area contributed by atoms with Crippen LogP contribution in [-0.2, 0) is 30.6 Å². The van der Waals surface area contributed by atoms with Crippen LogP contribution in [0.1, 0.15) is 55.6 Å². The molecule has 1 aliphatic carbocycles. The van der Waals surface area contributed by atoms with Gasteiger partial charge in [-0.3, -0.25) is 14.6 Å². The van der Waals surface area contributed by atoms with Gasteiger partial charge in [-0.15, -0.1) is 11.3 Å². The van der Waals surface area contributed by atoms with Crippen molar-refractivity contribution >= 4 is 27.5 Å². The third-order valence-electron chi connectivity index (χ3n) is 5.97. The highest BCUT2D eigenvalue weighted by Crippen LogP contribution is 2.41. The number of aromatic amines is 1. The quantitative estimate of drug-likeness (QED) is 0.652. The number of H-pyrrole nitrogens is 1. The second kappa shape index (κ2) is 8.30. The van der Waals surface area contributed by atoms with Crippen molar-refractivity contribution in [3.8, 4) is 0 Å². The molecule has 1 aliphatic rings. The Morgan fingerprint density at radius 2 is 2.17 bits per heavy atom. The van der Waals surface area contributed by atoms with Crippen LogP contribution >= 0.6 is 11.3 Å². The summed E-state index contributed by atoms with van der Waals surface area (Å²) in [4.78, 5) is 38.8. The Morgan fingerprint density at radius 1 is 1.33 bits per heavy atom. The molecular weight excluding hydrogens is 396 g/mol. The van der Waals surface area contributed by atoms with Crippen molar-refractivity contribution in [1.29, 1.82) is 0 Å². The fourth-order valence-corrected chi connectivity index (χ4v) is 5.42. The molecule has 0 aromatic carbocycles. The lowest BCUT2D eigenvalue weighted by Gasteiger charge is -2.33. The Morgan fingerprint density at radius 3 is 2.90 bits per heavy atom. The third kappa shape index (κ3) is 4.46. The fraction of sp³-hybridized carbons (Fsp3) is 0.478. The maximum absolute atomic E-state index is 12.8. The first kappa shape index (κ1) is 20.7. The predicted octanol–water partition coefficient (Wildman–Crippen LogP) is 3.78. The molecule has 0 bridgehead atoms. The lowest BCUT2D eigenvalue weighted by atomic mass is 9.72. The minimum Gasteiger partial charge on any atom is -0.350 e. The second-order valence-electron chi connectivity index (χ2n) is 9.10. The zero-order valence-corrected chi connectivity index (χ0v) is 18.6. The number of thiophene rings is 1. The monoisotopic (exact) mass is 424 g/mol. The highest BCUT2D eigenvalue weighted by molar-refractivity contribution is 7.18. The number of nitrogens with zero attached hydrogens (tertiary/aromatic N) is 2. The maximum Gasteiger partial charge on any atom is 0.259 e. The van der Waals surface area contributed by atoms with Crippen molar-refractivity contribution in [2.24, 2.45) is 11.3 Å². The zero-order chi connectivity index (χ0) is 21.3. The van der Waals surface area contributed by atoms with Gasteiger partial charge in [-0.25, -0.2) is 4.98 Å². The molecule has 2 N–H and O–H groups in total. The van der Waals surface area contributed by atoms with Gasteiger partial charge in [0, 0.05) is 23.9 Å². The van der Waals surface area contributed by atoms with Crippen molar-refractivity contribution < 1.29 is 4.79 Å². The van der Waals surface area contributed by atoms with Gasteiger partial charge in [0.25, 0.3) is 5.56 Å². The van der Waals surface area contributed by atoms with Gasteiger partial charge < -0.3 is 10.3 Å². The Bertz CT molecular complexity index is 1110. The van der Waals surface area contributed by atoms with E-state index in [0.29, 0.717) is 24.7 Å². The molecular formula is C23H28N4O2S. The van der Waals surface area contributed by atoms with Gasteiger partial charge in [0.15, 0.2) is 0 Å². The van der Waals surface area contributed by atoms with Crippen molar-refractivity contribution in [2.75, 3.05) is 0 Å². The summed E-state index contributed by atoms with van der Waals surface area (Å²) in [7, 11) is 0. The van der Waals surface area contributed by atoms with E-state index in [-0.39, 0.29) is 23.3 Å². The summed E-state index contributed by atoms with van der Waals surface area (Å²) >= 11 is 1.65. The number of carbonyl (C=O) groups excluding carboxylic acids is 1. The zero-order valence-electron chi connectivity index (χ0n) is 17.7. The molecule has 1 amide bonds. The van der Waals surface area contributed by atoms with E-state index in [2.05, 4.69) is 41.0 Å². The molecule has 0 spiro atoms. The minimum absolute atomic E-state index is 0.0735. The SMILES string of the molecule is CC(C)(C)C1CCc2c(sc3nc(CCC(=O)NCc4ccccn4)[nH]c(=O)c23)C1. The summed E-state index contributed by atoms with van der Waals surface area (Å²) in [6.45, 7) is 7.27. The van der Waals surface area contributed by atoms with Crippen LogP contribution < -0.4 is 10.9 Å². The van der Waals surface area contributed by atoms with E-state index >= 15 is 0 Å². The number of amides is 1. The summed E-state index contributed by atoms with van der Waals surface area (Å²) in [6, 6.07) is 5.61. The lowest BCUT2D eigenvalue weighted by Crippen LogP contribution is -2.26. The Hall–Kier alpha value is -2.54. The van der Waals surface area contributed by atoms with Gasteiger partial charge >= 0.3 is 0 Å². The van der Waals surface area contributed by atoms with E-state index in [1.54, 1.807) is 17.5 Å². The van der Waals surface area contributed by atoms with Crippen LogP contribution in [0.5, 0.6) is 0 Å². The first-order valence-corrected chi connectivity index (χ1v) is 11.3. The number of pyridine rings is 1. The molecule has 0 aliphatic heterocycles. The summed E-state index contributed by atoms with van der Waals surface area (Å²) in [5.41, 5.74) is 2.19. The van der Waals surface area contributed by atoms with Crippen LogP contribution in [-0.4, -0.2) is 20.9 Å². The second-order valence-corrected chi connectivity index (χ2v) is 10.2. The van der Waals surface area contributed by atoms with Crippen LogP contribution in [0, 0.1) is 11.3 Å². The largest absolute Gasteiger partial charge is 0.350 e.